The highest BCUT2D eigenvalue weighted by Crippen LogP contribution is 2.34. The zero-order chi connectivity index (χ0) is 25.2. The molecule has 1 aromatic heterocycles. The van der Waals surface area contributed by atoms with Gasteiger partial charge in [0.1, 0.15) is 0 Å². The summed E-state index contributed by atoms with van der Waals surface area (Å²) in [4.78, 5) is 12.2. The van der Waals surface area contributed by atoms with E-state index in [0.29, 0.717) is 17.2 Å². The Morgan fingerprint density at radius 3 is 2.77 bits per heavy atom. The fourth-order valence-electron chi connectivity index (χ4n) is 2.89. The first kappa shape index (κ1) is 24.5. The van der Waals surface area contributed by atoms with Gasteiger partial charge in [-0.3, -0.25) is 4.79 Å². The van der Waals surface area contributed by atoms with Crippen LogP contribution in [0.25, 0.3) is 0 Å². The Labute approximate surface area is 205 Å². The second-order valence-corrected chi connectivity index (χ2v) is 8.43. The molecule has 1 aliphatic rings. The van der Waals surface area contributed by atoms with Gasteiger partial charge in [0.25, 0.3) is 5.95 Å². The third-order valence-corrected chi connectivity index (χ3v) is 5.95. The Morgan fingerprint density at radius 1 is 1.23 bits per heavy atom. The number of hydrazone groups is 1. The van der Waals surface area contributed by atoms with Crippen LogP contribution < -0.4 is 26.1 Å². The number of nitrogens with one attached hydrogen (secondary N) is 2. The van der Waals surface area contributed by atoms with Crippen LogP contribution >= 0.6 is 23.4 Å². The summed E-state index contributed by atoms with van der Waals surface area (Å²) in [5.41, 5.74) is 3.00. The first-order valence-electron chi connectivity index (χ1n) is 9.82. The molecule has 3 aromatic rings. The number of nitrogens with zero attached hydrogens (tertiary/aromatic N) is 4. The molecule has 184 valence electrons. The molecule has 4 rings (SSSR count). The fraction of sp³-hybridized carbons (Fsp3) is 0.200. The van der Waals surface area contributed by atoms with E-state index >= 15 is 0 Å². The summed E-state index contributed by atoms with van der Waals surface area (Å²) < 4.78 is 50.4. The lowest BCUT2D eigenvalue weighted by Gasteiger charge is -2.11. The molecule has 2 heterocycles. The molecule has 10 nitrogen and oxygen atoms in total. The van der Waals surface area contributed by atoms with Gasteiger partial charge < -0.3 is 20.6 Å². The van der Waals surface area contributed by atoms with Crippen molar-refractivity contribution in [2.45, 2.75) is 18.3 Å². The summed E-state index contributed by atoms with van der Waals surface area (Å²) in [6.07, 6.45) is -4.57. The summed E-state index contributed by atoms with van der Waals surface area (Å²) >= 11 is 6.82. The molecule has 0 atom stereocenters. The van der Waals surface area contributed by atoms with Crippen molar-refractivity contribution in [3.63, 3.8) is 0 Å². The van der Waals surface area contributed by atoms with Gasteiger partial charge in [-0.2, -0.15) is 18.3 Å². The van der Waals surface area contributed by atoms with Crippen LogP contribution in [0.2, 0.25) is 5.02 Å². The van der Waals surface area contributed by atoms with Crippen LogP contribution in [0.5, 0.6) is 11.5 Å². The molecule has 35 heavy (non-hydrogen) atoms. The second-order valence-electron chi connectivity index (χ2n) is 7.08. The van der Waals surface area contributed by atoms with E-state index in [1.165, 1.54) is 0 Å². The lowest BCUT2D eigenvalue weighted by Crippen LogP contribution is -2.17. The van der Waals surface area contributed by atoms with Gasteiger partial charge in [-0.05, 0) is 43.3 Å². The van der Waals surface area contributed by atoms with Gasteiger partial charge in [-0.15, -0.1) is 10.2 Å². The van der Waals surface area contributed by atoms with E-state index in [2.05, 4.69) is 26.0 Å². The minimum absolute atomic E-state index is 0.0273. The van der Waals surface area contributed by atoms with Crippen molar-refractivity contribution >= 4 is 46.6 Å². The minimum atomic E-state index is -4.57. The van der Waals surface area contributed by atoms with Crippen molar-refractivity contribution in [3.05, 3.63) is 52.5 Å². The highest BCUT2D eigenvalue weighted by Gasteiger charge is 2.31. The van der Waals surface area contributed by atoms with Crippen LogP contribution in [0, 0.1) is 0 Å². The fourth-order valence-corrected chi connectivity index (χ4v) is 3.71. The van der Waals surface area contributed by atoms with Crippen molar-refractivity contribution in [1.29, 1.82) is 0 Å². The monoisotopic (exact) mass is 527 g/mol. The van der Waals surface area contributed by atoms with Gasteiger partial charge in [0, 0.05) is 5.56 Å². The number of alkyl halides is 3. The van der Waals surface area contributed by atoms with Crippen molar-refractivity contribution in [2.75, 3.05) is 29.1 Å². The Bertz CT molecular complexity index is 1300. The highest BCUT2D eigenvalue weighted by molar-refractivity contribution is 7.99. The molecule has 0 saturated carbocycles. The number of hydrogen-bond donors (Lipinski definition) is 3. The van der Waals surface area contributed by atoms with Gasteiger partial charge in [-0.1, -0.05) is 23.4 Å². The van der Waals surface area contributed by atoms with E-state index < -0.39 is 17.6 Å². The van der Waals surface area contributed by atoms with E-state index in [4.69, 9.17) is 26.9 Å². The number of amides is 1. The van der Waals surface area contributed by atoms with Crippen LogP contribution in [-0.2, 0) is 11.0 Å². The molecule has 0 aliphatic carbocycles. The molecule has 0 spiro atoms. The normalized spacial score (nSPS) is 13.1. The van der Waals surface area contributed by atoms with E-state index in [9.17, 15) is 18.0 Å². The van der Waals surface area contributed by atoms with Crippen LogP contribution in [0.4, 0.5) is 24.8 Å². The van der Waals surface area contributed by atoms with Gasteiger partial charge in [0.2, 0.25) is 17.9 Å². The third kappa shape index (κ3) is 5.71. The van der Waals surface area contributed by atoms with Crippen LogP contribution in [0.15, 0.2) is 46.7 Å². The van der Waals surface area contributed by atoms with Gasteiger partial charge in [0.15, 0.2) is 11.5 Å². The molecule has 0 saturated heterocycles. The molecule has 1 aliphatic heterocycles. The van der Waals surface area contributed by atoms with E-state index in [1.807, 2.05) is 6.07 Å². The van der Waals surface area contributed by atoms with Gasteiger partial charge in [0.05, 0.1) is 27.7 Å². The molecule has 0 fully saturated rings. The molecule has 0 radical (unpaired) electrons. The predicted molar refractivity (Wildman–Crippen MR) is 124 cm³/mol. The third-order valence-electron chi connectivity index (χ3n) is 4.68. The highest BCUT2D eigenvalue weighted by atomic mass is 35.5. The number of aromatic nitrogens is 3. The number of ether oxygens (including phenoxy) is 2. The predicted octanol–water partition coefficient (Wildman–Crippen LogP) is 3.96. The Hall–Kier alpha value is -3.65. The number of halogens is 4. The van der Waals surface area contributed by atoms with E-state index in [1.54, 1.807) is 19.1 Å². The number of anilines is 2. The zero-order valence-electron chi connectivity index (χ0n) is 17.9. The largest absolute Gasteiger partial charge is 0.454 e. The van der Waals surface area contributed by atoms with Crippen molar-refractivity contribution in [1.82, 2.24) is 14.9 Å². The standard InChI is InChI=1S/C20H17ClF3N7O3S/c1-10(11-2-5-15-16(6-11)34-9-33-15)27-28-18-29-30-19(31(18)25)35-8-17(32)26-14-7-12(20(22,23)24)3-4-13(14)21/h2-7H,8-9,25H2,1H3,(H,26,32)(H,28,29)/b27-10+. The maximum Gasteiger partial charge on any atom is 0.416 e. The SMILES string of the molecule is C/C(=N\Nc1nnc(SCC(=O)Nc2cc(C(F)(F)F)ccc2Cl)n1N)c1ccc2c(c1)OCO2. The van der Waals surface area contributed by atoms with Gasteiger partial charge in [-0.25, -0.2) is 10.1 Å². The van der Waals surface area contributed by atoms with Crippen LogP contribution in [0.1, 0.15) is 18.1 Å². The molecule has 0 bridgehead atoms. The number of carbonyl (C=O) groups excluding carboxylic acids is 1. The van der Waals surface area contributed by atoms with Crippen molar-refractivity contribution in [3.8, 4) is 11.5 Å². The first-order valence-corrected chi connectivity index (χ1v) is 11.2. The molecular formula is C20H17ClF3N7O3S. The minimum Gasteiger partial charge on any atom is -0.454 e. The number of fused-ring (bicyclic) bond motifs is 1. The number of nitrogens with two attached hydrogens (primary N) is 1. The zero-order valence-corrected chi connectivity index (χ0v) is 19.5. The maximum absolute atomic E-state index is 12.9. The smallest absolute Gasteiger partial charge is 0.416 e. The number of nitrogen functional groups attached to an aromatic ring is 1. The molecule has 0 unspecified atom stereocenters. The molecule has 4 N–H and O–H groups in total. The number of rotatable bonds is 7. The Kier molecular flexibility index (Phi) is 6.93. The van der Waals surface area contributed by atoms with Crippen molar-refractivity contribution < 1.29 is 27.4 Å². The quantitative estimate of drug-likeness (QED) is 0.182. The lowest BCUT2D eigenvalue weighted by molar-refractivity contribution is -0.137. The first-order chi connectivity index (χ1) is 16.6. The average Bonchev–Trinajstić information content (AvgIpc) is 3.42. The number of carbonyl (C=O) groups is 1. The molecule has 1 amide bonds. The molecular weight excluding hydrogens is 511 g/mol. The average molecular weight is 528 g/mol. The Balaban J connectivity index is 1.35. The van der Waals surface area contributed by atoms with Gasteiger partial charge >= 0.3 is 6.18 Å². The summed E-state index contributed by atoms with van der Waals surface area (Å²) in [7, 11) is 0. The topological polar surface area (TPSA) is 129 Å². The molecule has 15 heteroatoms. The summed E-state index contributed by atoms with van der Waals surface area (Å²) in [5, 5.41) is 14.5. The summed E-state index contributed by atoms with van der Waals surface area (Å²) in [6, 6.07) is 8.03. The Morgan fingerprint density at radius 2 is 2.00 bits per heavy atom. The van der Waals surface area contributed by atoms with E-state index in [0.717, 1.165) is 40.2 Å². The number of hydrogen-bond acceptors (Lipinski definition) is 9. The summed E-state index contributed by atoms with van der Waals surface area (Å²) in [6.45, 7) is 1.93. The summed E-state index contributed by atoms with van der Waals surface area (Å²) in [5.74, 6) is 6.51. The lowest BCUT2D eigenvalue weighted by atomic mass is 10.1. The van der Waals surface area contributed by atoms with Crippen molar-refractivity contribution in [2.24, 2.45) is 5.10 Å². The molecule has 2 aromatic carbocycles. The number of thioether (sulfide) groups is 1. The van der Waals surface area contributed by atoms with E-state index in [-0.39, 0.29) is 34.4 Å². The van der Waals surface area contributed by atoms with Crippen LogP contribution in [0.3, 0.4) is 0 Å². The number of benzene rings is 2. The van der Waals surface area contributed by atoms with Crippen LogP contribution in [-0.4, -0.2) is 39.0 Å². The maximum atomic E-state index is 12.9. The second kappa shape index (κ2) is 9.92.